The monoisotopic (exact) mass is 982 g/mol. The molecule has 2 atom stereocenters. The summed E-state index contributed by atoms with van der Waals surface area (Å²) in [6.07, 6.45) is 75.9. The molecule has 3 N–H and O–H groups in total. The number of amides is 1. The average molecular weight is 983 g/mol. The van der Waals surface area contributed by atoms with Crippen LogP contribution in [0.25, 0.3) is 0 Å². The molecule has 0 bridgehead atoms. The Kier molecular flexibility index (Phi) is 57.5. The lowest BCUT2D eigenvalue weighted by atomic mass is 10.0. The van der Waals surface area contributed by atoms with Gasteiger partial charge in [0.15, 0.2) is 0 Å². The maximum absolute atomic E-state index is 12.5. The molecule has 0 saturated heterocycles. The third-order valence-electron chi connectivity index (χ3n) is 14.1. The van der Waals surface area contributed by atoms with E-state index in [-0.39, 0.29) is 18.5 Å². The van der Waals surface area contributed by atoms with Crippen LogP contribution in [-0.4, -0.2) is 47.4 Å². The smallest absolute Gasteiger partial charge is 0.305 e. The number of allylic oxidation sites excluding steroid dienone is 6. The van der Waals surface area contributed by atoms with Crippen LogP contribution in [0.3, 0.4) is 0 Å². The largest absolute Gasteiger partial charge is 0.465 e. The first kappa shape index (κ1) is 67.8. The topological polar surface area (TPSA) is 95.9 Å². The molecule has 0 heterocycles. The predicted octanol–water partition coefficient (Wildman–Crippen LogP) is 19.4. The van der Waals surface area contributed by atoms with Gasteiger partial charge in [-0.1, -0.05) is 281 Å². The molecule has 0 saturated carbocycles. The van der Waals surface area contributed by atoms with Crippen molar-refractivity contribution >= 4 is 11.9 Å². The summed E-state index contributed by atoms with van der Waals surface area (Å²) < 4.78 is 5.40. The Hall–Kier alpha value is -2.18. The predicted molar refractivity (Wildman–Crippen MR) is 306 cm³/mol. The Balaban J connectivity index is 3.49. The van der Waals surface area contributed by atoms with Crippen molar-refractivity contribution in [3.8, 4) is 0 Å². The molecule has 0 rings (SSSR count). The van der Waals surface area contributed by atoms with E-state index in [4.69, 9.17) is 4.74 Å². The van der Waals surface area contributed by atoms with Crippen molar-refractivity contribution in [2.75, 3.05) is 13.2 Å². The molecule has 70 heavy (non-hydrogen) atoms. The molecule has 1 amide bonds. The van der Waals surface area contributed by atoms with Gasteiger partial charge in [0.2, 0.25) is 5.91 Å². The molecule has 0 aliphatic rings. The van der Waals surface area contributed by atoms with Gasteiger partial charge in [0, 0.05) is 12.8 Å². The fourth-order valence-corrected chi connectivity index (χ4v) is 9.35. The summed E-state index contributed by atoms with van der Waals surface area (Å²) >= 11 is 0. The van der Waals surface area contributed by atoms with E-state index >= 15 is 0 Å². The number of aliphatic hydroxyl groups is 2. The number of carbonyl (C=O) groups is 2. The van der Waals surface area contributed by atoms with Crippen molar-refractivity contribution in [1.82, 2.24) is 5.32 Å². The van der Waals surface area contributed by atoms with Gasteiger partial charge in [-0.15, -0.1) is 0 Å². The van der Waals surface area contributed by atoms with Crippen LogP contribution in [0.1, 0.15) is 322 Å². The number of ether oxygens (including phenoxy) is 1. The lowest BCUT2D eigenvalue weighted by Gasteiger charge is -2.20. The molecule has 0 aromatic heterocycles. The number of esters is 1. The standard InChI is InChI=1S/C64H119NO5/c1-3-5-7-9-11-13-15-17-18-19-20-24-27-30-33-36-40-44-48-52-56-62(67)61(60-66)65-63(68)57-53-49-45-41-37-34-31-28-25-22-21-23-26-29-32-35-39-43-47-51-55-59-70-64(69)58-54-50-46-42-38-16-14-12-10-8-6-4-2/h12,14,35,39,47,51-52,56,61-62,66-67H,3-11,13,15-34,36-38,40-46,48-50,53-55,57-60H2,1-2H3,(H,65,68)/b14-12-,39-35-,51-47-,56-52+. The zero-order chi connectivity index (χ0) is 50.7. The Morgan fingerprint density at radius 2 is 0.714 bits per heavy atom. The van der Waals surface area contributed by atoms with Crippen LogP contribution in [0.4, 0.5) is 0 Å². The lowest BCUT2D eigenvalue weighted by molar-refractivity contribution is -0.143. The molecule has 6 heteroatoms. The first-order valence-electron chi connectivity index (χ1n) is 30.9. The van der Waals surface area contributed by atoms with Crippen LogP contribution in [0.15, 0.2) is 48.6 Å². The summed E-state index contributed by atoms with van der Waals surface area (Å²) in [5.41, 5.74) is 0. The normalized spacial score (nSPS) is 12.9. The minimum absolute atomic E-state index is 0.0462. The Morgan fingerprint density at radius 1 is 0.400 bits per heavy atom. The quantitative estimate of drug-likeness (QED) is 0.0321. The van der Waals surface area contributed by atoms with Crippen molar-refractivity contribution in [2.45, 2.75) is 334 Å². The minimum atomic E-state index is -0.849. The number of nitrogens with one attached hydrogen (secondary N) is 1. The molecular weight excluding hydrogens is 863 g/mol. The highest BCUT2D eigenvalue weighted by molar-refractivity contribution is 5.76. The maximum Gasteiger partial charge on any atom is 0.305 e. The Bertz CT molecular complexity index is 1180. The molecule has 6 nitrogen and oxygen atoms in total. The fraction of sp³-hybridized carbons (Fsp3) is 0.844. The van der Waals surface area contributed by atoms with E-state index in [1.807, 2.05) is 6.08 Å². The van der Waals surface area contributed by atoms with Crippen molar-refractivity contribution in [1.29, 1.82) is 0 Å². The van der Waals surface area contributed by atoms with Gasteiger partial charge in [0.25, 0.3) is 0 Å². The van der Waals surface area contributed by atoms with Crippen LogP contribution in [0, 0.1) is 0 Å². The van der Waals surface area contributed by atoms with Crippen LogP contribution in [-0.2, 0) is 14.3 Å². The summed E-state index contributed by atoms with van der Waals surface area (Å²) in [4.78, 5) is 24.5. The van der Waals surface area contributed by atoms with Gasteiger partial charge < -0.3 is 20.3 Å². The second-order valence-corrected chi connectivity index (χ2v) is 21.0. The zero-order valence-corrected chi connectivity index (χ0v) is 46.7. The second kappa shape index (κ2) is 59.4. The first-order valence-corrected chi connectivity index (χ1v) is 30.9. The number of unbranched alkanes of at least 4 members (excludes halogenated alkanes) is 40. The summed E-state index contributed by atoms with van der Waals surface area (Å²) in [6.45, 7) is 4.78. The SMILES string of the molecule is CCCCC/C=C\CCCCCCCC(=O)OCC/C=C\C/C=C\CCCCCCCCCCCCCCCCC(=O)NC(CO)C(O)/C=C/CCCCCCCCCCCCCCCCCCCC. The number of aliphatic hydroxyl groups excluding tert-OH is 2. The van der Waals surface area contributed by atoms with Crippen LogP contribution in [0.2, 0.25) is 0 Å². The van der Waals surface area contributed by atoms with Gasteiger partial charge in [-0.25, -0.2) is 0 Å². The van der Waals surface area contributed by atoms with Crippen molar-refractivity contribution in [3.05, 3.63) is 48.6 Å². The number of carbonyl (C=O) groups excluding carboxylic acids is 2. The van der Waals surface area contributed by atoms with E-state index in [9.17, 15) is 19.8 Å². The van der Waals surface area contributed by atoms with Crippen molar-refractivity contribution in [3.63, 3.8) is 0 Å². The highest BCUT2D eigenvalue weighted by atomic mass is 16.5. The van der Waals surface area contributed by atoms with E-state index in [2.05, 4.69) is 55.6 Å². The maximum atomic E-state index is 12.5. The molecule has 0 aromatic rings. The third-order valence-corrected chi connectivity index (χ3v) is 14.1. The highest BCUT2D eigenvalue weighted by Crippen LogP contribution is 2.17. The molecule has 0 spiro atoms. The van der Waals surface area contributed by atoms with Crippen LogP contribution in [0.5, 0.6) is 0 Å². The average Bonchev–Trinajstić information content (AvgIpc) is 3.36. The van der Waals surface area contributed by atoms with Gasteiger partial charge in [-0.05, 0) is 77.0 Å². The molecular formula is C64H119NO5. The first-order chi connectivity index (χ1) is 34.5. The second-order valence-electron chi connectivity index (χ2n) is 21.0. The van der Waals surface area contributed by atoms with E-state index in [0.717, 1.165) is 51.4 Å². The molecule has 0 aromatic carbocycles. The van der Waals surface area contributed by atoms with E-state index < -0.39 is 12.1 Å². The van der Waals surface area contributed by atoms with Crippen LogP contribution < -0.4 is 5.32 Å². The summed E-state index contributed by atoms with van der Waals surface area (Å²) in [5.74, 6) is -0.117. The van der Waals surface area contributed by atoms with Crippen molar-refractivity contribution < 1.29 is 24.5 Å². The zero-order valence-electron chi connectivity index (χ0n) is 46.7. The van der Waals surface area contributed by atoms with Gasteiger partial charge in [0.1, 0.15) is 0 Å². The fourth-order valence-electron chi connectivity index (χ4n) is 9.35. The summed E-state index contributed by atoms with van der Waals surface area (Å²) in [6, 6.07) is -0.633. The van der Waals surface area contributed by atoms with E-state index in [0.29, 0.717) is 19.4 Å². The molecule has 410 valence electrons. The van der Waals surface area contributed by atoms with Gasteiger partial charge >= 0.3 is 5.97 Å². The van der Waals surface area contributed by atoms with Crippen molar-refractivity contribution in [2.24, 2.45) is 0 Å². The van der Waals surface area contributed by atoms with Gasteiger partial charge in [-0.3, -0.25) is 9.59 Å². The highest BCUT2D eigenvalue weighted by Gasteiger charge is 2.18. The van der Waals surface area contributed by atoms with E-state index in [1.54, 1.807) is 6.08 Å². The number of rotatable bonds is 57. The van der Waals surface area contributed by atoms with E-state index in [1.165, 1.54) is 244 Å². The third kappa shape index (κ3) is 55.1. The molecule has 2 unspecified atom stereocenters. The molecule has 0 aliphatic heterocycles. The lowest BCUT2D eigenvalue weighted by Crippen LogP contribution is -2.45. The molecule has 0 radical (unpaired) electrons. The minimum Gasteiger partial charge on any atom is -0.465 e. The molecule has 0 fully saturated rings. The number of hydrogen-bond donors (Lipinski definition) is 3. The number of hydrogen-bond acceptors (Lipinski definition) is 5. The molecule has 0 aliphatic carbocycles. The van der Waals surface area contributed by atoms with Crippen LogP contribution >= 0.6 is 0 Å². The van der Waals surface area contributed by atoms with Gasteiger partial charge in [0.05, 0.1) is 25.4 Å². The Labute approximate surface area is 436 Å². The Morgan fingerprint density at radius 3 is 1.13 bits per heavy atom. The van der Waals surface area contributed by atoms with Gasteiger partial charge in [-0.2, -0.15) is 0 Å². The summed E-state index contributed by atoms with van der Waals surface area (Å²) in [7, 11) is 0. The summed E-state index contributed by atoms with van der Waals surface area (Å²) in [5, 5.41) is 23.2.